The van der Waals surface area contributed by atoms with Gasteiger partial charge in [-0.05, 0) is 13.0 Å². The minimum atomic E-state index is -0.905. The van der Waals surface area contributed by atoms with Gasteiger partial charge in [-0.15, -0.1) is 0 Å². The molecular formula is C11H12O5. The Kier molecular flexibility index (Phi) is 2.60. The standard InChI is InChI=1S/C11H12O5/c1-6(11(12)13)7-3-9-10(16-5-15-9)4-8(7)14-2/h3-4,6H,5H2,1-2H3,(H,12,13). The topological polar surface area (TPSA) is 65.0 Å². The van der Waals surface area contributed by atoms with Crippen molar-refractivity contribution >= 4 is 5.97 Å². The molecule has 1 aliphatic heterocycles. The molecule has 5 heteroatoms. The number of hydrogen-bond acceptors (Lipinski definition) is 4. The van der Waals surface area contributed by atoms with Crippen LogP contribution in [0.15, 0.2) is 12.1 Å². The van der Waals surface area contributed by atoms with Gasteiger partial charge in [-0.2, -0.15) is 0 Å². The van der Waals surface area contributed by atoms with E-state index in [4.69, 9.17) is 19.3 Å². The molecule has 0 spiro atoms. The first kappa shape index (κ1) is 10.6. The smallest absolute Gasteiger partial charge is 0.310 e. The summed E-state index contributed by atoms with van der Waals surface area (Å²) in [5, 5.41) is 8.98. The van der Waals surface area contributed by atoms with Crippen molar-refractivity contribution < 1.29 is 24.1 Å². The van der Waals surface area contributed by atoms with Crippen molar-refractivity contribution in [2.24, 2.45) is 0 Å². The molecule has 0 aliphatic carbocycles. The molecule has 0 saturated heterocycles. The molecule has 86 valence electrons. The number of fused-ring (bicyclic) bond motifs is 1. The highest BCUT2D eigenvalue weighted by atomic mass is 16.7. The molecule has 0 saturated carbocycles. The Morgan fingerprint density at radius 2 is 2.06 bits per heavy atom. The summed E-state index contributed by atoms with van der Waals surface area (Å²) in [5.74, 6) is 0.0860. The summed E-state index contributed by atoms with van der Waals surface area (Å²) in [7, 11) is 1.50. The summed E-state index contributed by atoms with van der Waals surface area (Å²) in [6.07, 6.45) is 0. The highest BCUT2D eigenvalue weighted by molar-refractivity contribution is 5.77. The van der Waals surface area contributed by atoms with Crippen LogP contribution in [0.2, 0.25) is 0 Å². The second-order valence-electron chi connectivity index (χ2n) is 3.51. The van der Waals surface area contributed by atoms with Crippen LogP contribution in [0, 0.1) is 0 Å². The third-order valence-corrected chi connectivity index (χ3v) is 2.56. The lowest BCUT2D eigenvalue weighted by atomic mass is 9.99. The molecule has 1 aromatic carbocycles. The van der Waals surface area contributed by atoms with Crippen LogP contribution in [-0.4, -0.2) is 25.0 Å². The van der Waals surface area contributed by atoms with Crippen molar-refractivity contribution in [2.45, 2.75) is 12.8 Å². The minimum Gasteiger partial charge on any atom is -0.496 e. The molecule has 0 bridgehead atoms. The van der Waals surface area contributed by atoms with E-state index in [9.17, 15) is 4.79 Å². The average Bonchev–Trinajstić information content (AvgIpc) is 2.72. The molecule has 1 N–H and O–H groups in total. The van der Waals surface area contributed by atoms with E-state index in [0.717, 1.165) is 0 Å². The predicted molar refractivity (Wildman–Crippen MR) is 55.2 cm³/mol. The maximum absolute atomic E-state index is 10.9. The number of ether oxygens (including phenoxy) is 3. The van der Waals surface area contributed by atoms with Crippen molar-refractivity contribution in [2.75, 3.05) is 13.9 Å². The Morgan fingerprint density at radius 3 is 2.62 bits per heavy atom. The Hall–Kier alpha value is -1.91. The quantitative estimate of drug-likeness (QED) is 0.844. The third kappa shape index (κ3) is 1.64. The zero-order chi connectivity index (χ0) is 11.7. The lowest BCUT2D eigenvalue weighted by Gasteiger charge is -2.12. The van der Waals surface area contributed by atoms with Crippen molar-refractivity contribution in [3.05, 3.63) is 17.7 Å². The maximum atomic E-state index is 10.9. The molecule has 16 heavy (non-hydrogen) atoms. The Morgan fingerprint density at radius 1 is 1.44 bits per heavy atom. The Labute approximate surface area is 92.5 Å². The third-order valence-electron chi connectivity index (χ3n) is 2.56. The van der Waals surface area contributed by atoms with Crippen LogP contribution in [0.3, 0.4) is 0 Å². The number of rotatable bonds is 3. The predicted octanol–water partition coefficient (Wildman–Crippen LogP) is 1.61. The fraction of sp³-hybridized carbons (Fsp3) is 0.364. The number of benzene rings is 1. The number of hydrogen-bond donors (Lipinski definition) is 1. The van der Waals surface area contributed by atoms with Crippen molar-refractivity contribution in [1.29, 1.82) is 0 Å². The molecule has 1 heterocycles. The Bertz CT molecular complexity index is 427. The normalized spacial score (nSPS) is 14.6. The molecule has 2 rings (SSSR count). The average molecular weight is 224 g/mol. The van der Waals surface area contributed by atoms with Crippen LogP contribution < -0.4 is 14.2 Å². The van der Waals surface area contributed by atoms with Gasteiger partial charge in [-0.25, -0.2) is 0 Å². The lowest BCUT2D eigenvalue weighted by Crippen LogP contribution is -2.08. The van der Waals surface area contributed by atoms with E-state index < -0.39 is 11.9 Å². The lowest BCUT2D eigenvalue weighted by molar-refractivity contribution is -0.138. The zero-order valence-corrected chi connectivity index (χ0v) is 9.02. The van der Waals surface area contributed by atoms with Crippen LogP contribution in [0.25, 0.3) is 0 Å². The molecule has 0 amide bonds. The van der Waals surface area contributed by atoms with Crippen LogP contribution in [0.4, 0.5) is 0 Å². The van der Waals surface area contributed by atoms with Gasteiger partial charge in [0.1, 0.15) is 5.75 Å². The number of aliphatic carboxylic acids is 1. The number of carboxylic acids is 1. The first-order chi connectivity index (χ1) is 7.63. The van der Waals surface area contributed by atoms with Crippen LogP contribution in [0.1, 0.15) is 18.4 Å². The molecule has 0 aromatic heterocycles. The van der Waals surface area contributed by atoms with Crippen molar-refractivity contribution in [3.63, 3.8) is 0 Å². The van der Waals surface area contributed by atoms with E-state index in [2.05, 4.69) is 0 Å². The van der Waals surface area contributed by atoms with E-state index in [1.807, 2.05) is 0 Å². The van der Waals surface area contributed by atoms with E-state index in [1.54, 1.807) is 19.1 Å². The molecular weight excluding hydrogens is 212 g/mol. The zero-order valence-electron chi connectivity index (χ0n) is 9.02. The van der Waals surface area contributed by atoms with E-state index in [-0.39, 0.29) is 6.79 Å². The fourth-order valence-electron chi connectivity index (χ4n) is 1.59. The van der Waals surface area contributed by atoms with Gasteiger partial charge < -0.3 is 19.3 Å². The number of methoxy groups -OCH3 is 1. The Balaban J connectivity index is 2.47. The number of carbonyl (C=O) groups is 1. The highest BCUT2D eigenvalue weighted by Crippen LogP contribution is 2.40. The summed E-state index contributed by atoms with van der Waals surface area (Å²) in [4.78, 5) is 10.9. The van der Waals surface area contributed by atoms with Gasteiger partial charge in [0, 0.05) is 11.6 Å². The molecule has 1 unspecified atom stereocenters. The number of carboxylic acid groups (broad SMARTS) is 1. The monoisotopic (exact) mass is 224 g/mol. The minimum absolute atomic E-state index is 0.156. The SMILES string of the molecule is COc1cc2c(cc1C(C)C(=O)O)OCO2. The summed E-state index contributed by atoms with van der Waals surface area (Å²) in [6, 6.07) is 3.30. The summed E-state index contributed by atoms with van der Waals surface area (Å²) >= 11 is 0. The van der Waals surface area contributed by atoms with Gasteiger partial charge >= 0.3 is 5.97 Å². The molecule has 1 atom stereocenters. The molecule has 1 aliphatic rings. The highest BCUT2D eigenvalue weighted by Gasteiger charge is 2.23. The molecule has 5 nitrogen and oxygen atoms in total. The fourth-order valence-corrected chi connectivity index (χ4v) is 1.59. The molecule has 1 aromatic rings. The van der Waals surface area contributed by atoms with Crippen LogP contribution in [0.5, 0.6) is 17.2 Å². The molecule has 0 fully saturated rings. The van der Waals surface area contributed by atoms with Crippen LogP contribution in [-0.2, 0) is 4.79 Å². The van der Waals surface area contributed by atoms with E-state index >= 15 is 0 Å². The van der Waals surface area contributed by atoms with Gasteiger partial charge in [0.2, 0.25) is 6.79 Å². The van der Waals surface area contributed by atoms with Gasteiger partial charge in [-0.3, -0.25) is 4.79 Å². The first-order valence-corrected chi connectivity index (χ1v) is 4.84. The first-order valence-electron chi connectivity index (χ1n) is 4.84. The van der Waals surface area contributed by atoms with Crippen molar-refractivity contribution in [1.82, 2.24) is 0 Å². The van der Waals surface area contributed by atoms with Crippen molar-refractivity contribution in [3.8, 4) is 17.2 Å². The molecule has 0 radical (unpaired) electrons. The van der Waals surface area contributed by atoms with Gasteiger partial charge in [0.05, 0.1) is 13.0 Å². The van der Waals surface area contributed by atoms with Gasteiger partial charge in [0.15, 0.2) is 11.5 Å². The second-order valence-corrected chi connectivity index (χ2v) is 3.51. The summed E-state index contributed by atoms with van der Waals surface area (Å²) in [6.45, 7) is 1.76. The largest absolute Gasteiger partial charge is 0.496 e. The second kappa shape index (κ2) is 3.92. The van der Waals surface area contributed by atoms with Crippen LogP contribution >= 0.6 is 0 Å². The van der Waals surface area contributed by atoms with E-state index in [1.165, 1.54) is 7.11 Å². The summed E-state index contributed by atoms with van der Waals surface area (Å²) in [5.41, 5.74) is 0.583. The maximum Gasteiger partial charge on any atom is 0.310 e. The van der Waals surface area contributed by atoms with E-state index in [0.29, 0.717) is 22.8 Å². The summed E-state index contributed by atoms with van der Waals surface area (Å²) < 4.78 is 15.5. The van der Waals surface area contributed by atoms with Gasteiger partial charge in [0.25, 0.3) is 0 Å². The van der Waals surface area contributed by atoms with Gasteiger partial charge in [-0.1, -0.05) is 0 Å².